The predicted octanol–water partition coefficient (Wildman–Crippen LogP) is -0.539. The largest absolute Gasteiger partial charge is 0.481 e. The molecular weight excluding hydrogens is 460 g/mol. The summed E-state index contributed by atoms with van der Waals surface area (Å²) in [4.78, 5) is 77.2. The Morgan fingerprint density at radius 1 is 0.485 bits per heavy atom. The minimum atomic E-state index is -1.27. The third-order valence-corrected chi connectivity index (χ3v) is 1.96. The topological polar surface area (TPSA) is 298 Å². The van der Waals surface area contributed by atoms with Gasteiger partial charge in [-0.3, -0.25) is 14.4 Å². The molecule has 33 heavy (non-hydrogen) atoms. The van der Waals surface area contributed by atoms with Gasteiger partial charge in [0.2, 0.25) is 0 Å². The highest BCUT2D eigenvalue weighted by molar-refractivity contribution is 5.91. The predicted molar refractivity (Wildman–Crippen MR) is 102 cm³/mol. The highest BCUT2D eigenvalue weighted by Crippen LogP contribution is 1.95. The van der Waals surface area contributed by atoms with Crippen molar-refractivity contribution in [3.05, 3.63) is 36.5 Å². The van der Waals surface area contributed by atoms with Gasteiger partial charge in [0.15, 0.2) is 0 Å². The summed E-state index contributed by atoms with van der Waals surface area (Å²) in [5.41, 5.74) is -0.303. The molecule has 0 radical (unpaired) electrons. The Morgan fingerprint density at radius 2 is 0.727 bits per heavy atom. The number of rotatable bonds is 10. The van der Waals surface area contributed by atoms with Crippen LogP contribution in [0.4, 0.5) is 0 Å². The minimum Gasteiger partial charge on any atom is -0.481 e. The van der Waals surface area contributed by atoms with E-state index in [0.29, 0.717) is 24.3 Å². The quantitative estimate of drug-likeness (QED) is 0.182. The van der Waals surface area contributed by atoms with Crippen LogP contribution in [0.3, 0.4) is 0 Å². The zero-order chi connectivity index (χ0) is 27.1. The van der Waals surface area contributed by atoms with E-state index in [0.717, 1.165) is 0 Å². The van der Waals surface area contributed by atoms with Gasteiger partial charge in [0.25, 0.3) is 0 Å². The Balaban J connectivity index is -0.000000170. The summed E-state index contributed by atoms with van der Waals surface area (Å²) < 4.78 is 0. The molecule has 0 spiro atoms. The van der Waals surface area contributed by atoms with Gasteiger partial charge in [0.1, 0.15) is 0 Å². The standard InChI is InChI=1S/C5H6O4.C4H6O4.2C4H4O4/c1-3(5(8)9)2-4(6)7;3*5-3(6)1-2-4(7)8/h1-2H2,(H,6,7)(H,8,9);1-2H2,(H,5,6)(H,7,8);2*1-2H,(H,5,6)(H,7,8). The van der Waals surface area contributed by atoms with Crippen molar-refractivity contribution in [3.63, 3.8) is 0 Å². The lowest BCUT2D eigenvalue weighted by Gasteiger charge is -1.91. The van der Waals surface area contributed by atoms with Crippen LogP contribution in [0.5, 0.6) is 0 Å². The second-order valence-corrected chi connectivity index (χ2v) is 4.79. The van der Waals surface area contributed by atoms with E-state index in [1.807, 2.05) is 0 Å². The van der Waals surface area contributed by atoms with Crippen molar-refractivity contribution in [2.45, 2.75) is 19.3 Å². The van der Waals surface area contributed by atoms with Crippen LogP contribution < -0.4 is 0 Å². The monoisotopic (exact) mass is 480 g/mol. The number of carboxylic acids is 8. The Hall–Kier alpha value is -5.02. The van der Waals surface area contributed by atoms with E-state index >= 15 is 0 Å². The van der Waals surface area contributed by atoms with Gasteiger partial charge in [-0.15, -0.1) is 0 Å². The minimum absolute atomic E-state index is 0.296. The molecule has 184 valence electrons. The van der Waals surface area contributed by atoms with Gasteiger partial charge in [0, 0.05) is 29.9 Å². The van der Waals surface area contributed by atoms with E-state index in [4.69, 9.17) is 40.9 Å². The summed E-state index contributed by atoms with van der Waals surface area (Å²) >= 11 is 0. The van der Waals surface area contributed by atoms with Crippen molar-refractivity contribution in [2.24, 2.45) is 0 Å². The van der Waals surface area contributed by atoms with Gasteiger partial charge < -0.3 is 40.9 Å². The summed E-state index contributed by atoms with van der Waals surface area (Å²) in [6, 6.07) is 0. The number of carboxylic acid groups (broad SMARTS) is 8. The maximum atomic E-state index is 9.87. The Bertz CT molecular complexity index is 722. The number of carbonyl (C=O) groups is 8. The molecule has 8 N–H and O–H groups in total. The van der Waals surface area contributed by atoms with Crippen molar-refractivity contribution >= 4 is 47.8 Å². The summed E-state index contributed by atoms with van der Waals surface area (Å²) in [6.45, 7) is 3.01. The zero-order valence-electron chi connectivity index (χ0n) is 16.5. The molecule has 0 rings (SSSR count). The van der Waals surface area contributed by atoms with Crippen LogP contribution in [-0.2, 0) is 38.4 Å². The van der Waals surface area contributed by atoms with Crippen molar-refractivity contribution in [1.82, 2.24) is 0 Å². The first kappa shape index (κ1) is 35.4. The van der Waals surface area contributed by atoms with E-state index in [2.05, 4.69) is 6.58 Å². The fourth-order valence-corrected chi connectivity index (χ4v) is 0.757. The molecule has 0 saturated heterocycles. The molecule has 0 aromatic heterocycles. The van der Waals surface area contributed by atoms with E-state index in [1.165, 1.54) is 0 Å². The summed E-state index contributed by atoms with van der Waals surface area (Å²) in [5, 5.41) is 63.1. The van der Waals surface area contributed by atoms with Gasteiger partial charge in [-0.2, -0.15) is 0 Å². The fraction of sp³-hybridized carbons (Fsp3) is 0.176. The van der Waals surface area contributed by atoms with E-state index in [9.17, 15) is 38.4 Å². The molecule has 0 heterocycles. The third kappa shape index (κ3) is 52.1. The van der Waals surface area contributed by atoms with Crippen LogP contribution in [-0.4, -0.2) is 88.6 Å². The molecule has 0 aromatic rings. The molecule has 0 fully saturated rings. The van der Waals surface area contributed by atoms with Crippen molar-refractivity contribution < 1.29 is 79.2 Å². The molecule has 0 aliphatic rings. The maximum absolute atomic E-state index is 9.87. The molecule has 0 atom stereocenters. The molecule has 0 aliphatic carbocycles. The molecule has 16 heteroatoms. The Labute approximate surface area is 183 Å². The highest BCUT2D eigenvalue weighted by Gasteiger charge is 2.07. The van der Waals surface area contributed by atoms with Gasteiger partial charge >= 0.3 is 47.8 Å². The molecule has 0 unspecified atom stereocenters. The first-order valence-corrected chi connectivity index (χ1v) is 7.76. The van der Waals surface area contributed by atoms with Gasteiger partial charge in [-0.25, -0.2) is 24.0 Å². The van der Waals surface area contributed by atoms with Gasteiger partial charge in [0.05, 0.1) is 19.3 Å². The lowest BCUT2D eigenvalue weighted by molar-refractivity contribution is -0.143. The summed E-state index contributed by atoms with van der Waals surface area (Å²) in [6.07, 6.45) is 1.13. The number of aliphatic carboxylic acids is 8. The normalized spacial score (nSPS) is 8.97. The van der Waals surface area contributed by atoms with Gasteiger partial charge in [-0.1, -0.05) is 6.58 Å². The molecule has 0 saturated carbocycles. The summed E-state index contributed by atoms with van der Waals surface area (Å²) in [5.74, 6) is -9.63. The van der Waals surface area contributed by atoms with Crippen molar-refractivity contribution in [1.29, 1.82) is 0 Å². The molecule has 0 bridgehead atoms. The average molecular weight is 480 g/mol. The summed E-state index contributed by atoms with van der Waals surface area (Å²) in [7, 11) is 0. The van der Waals surface area contributed by atoms with E-state index in [-0.39, 0.29) is 18.4 Å². The third-order valence-electron chi connectivity index (χ3n) is 1.96. The second-order valence-electron chi connectivity index (χ2n) is 4.79. The number of hydrogen-bond donors (Lipinski definition) is 8. The molecule has 0 amide bonds. The first-order chi connectivity index (χ1) is 14.9. The Morgan fingerprint density at radius 3 is 0.818 bits per heavy atom. The van der Waals surface area contributed by atoms with Crippen LogP contribution in [0.25, 0.3) is 0 Å². The molecule has 0 aliphatic heterocycles. The molecule has 16 nitrogen and oxygen atoms in total. The molecular formula is C17H20O16. The van der Waals surface area contributed by atoms with Crippen LogP contribution in [0, 0.1) is 0 Å². The second kappa shape index (κ2) is 21.7. The lowest BCUT2D eigenvalue weighted by Crippen LogP contribution is -2.04. The number of hydrogen-bond acceptors (Lipinski definition) is 8. The fourth-order valence-electron chi connectivity index (χ4n) is 0.757. The van der Waals surface area contributed by atoms with E-state index < -0.39 is 54.2 Å². The zero-order valence-corrected chi connectivity index (χ0v) is 16.5. The van der Waals surface area contributed by atoms with Crippen LogP contribution >= 0.6 is 0 Å². The smallest absolute Gasteiger partial charge is 0.331 e. The van der Waals surface area contributed by atoms with Crippen LogP contribution in [0.2, 0.25) is 0 Å². The highest BCUT2D eigenvalue weighted by atomic mass is 16.4. The van der Waals surface area contributed by atoms with Crippen LogP contribution in [0.1, 0.15) is 19.3 Å². The Kier molecular flexibility index (Phi) is 23.3. The molecule has 0 aromatic carbocycles. The van der Waals surface area contributed by atoms with Crippen LogP contribution in [0.15, 0.2) is 36.5 Å². The van der Waals surface area contributed by atoms with Crippen molar-refractivity contribution in [2.75, 3.05) is 0 Å². The SMILES string of the molecule is C=C(CC(=O)O)C(=O)O.O=C(O)C=CC(=O)O.O=C(O)C=CC(=O)O.O=C(O)CCC(=O)O. The first-order valence-electron chi connectivity index (χ1n) is 7.76. The van der Waals surface area contributed by atoms with Gasteiger partial charge in [-0.05, 0) is 0 Å². The van der Waals surface area contributed by atoms with E-state index in [1.54, 1.807) is 0 Å². The van der Waals surface area contributed by atoms with Crippen molar-refractivity contribution in [3.8, 4) is 0 Å². The lowest BCUT2D eigenvalue weighted by atomic mass is 10.2. The average Bonchev–Trinajstić information content (AvgIpc) is 2.64. The maximum Gasteiger partial charge on any atom is 0.331 e.